The zero-order valence-electron chi connectivity index (χ0n) is 25.4. The SMILES string of the molecule is CC1CN(C(=O)c2cc(/C=C/c3ccc(C(C)(C)C)cc3)nc3ccc(Br)cc23)CC(C)N1C(=O)OCc1ccccc1. The molecular weight excluding hydrogens is 602 g/mol. The number of pyridine rings is 1. The van der Waals surface area contributed by atoms with Crippen molar-refractivity contribution in [3.05, 3.63) is 111 Å². The van der Waals surface area contributed by atoms with Gasteiger partial charge in [-0.25, -0.2) is 9.78 Å². The number of fused-ring (bicyclic) bond motifs is 1. The summed E-state index contributed by atoms with van der Waals surface area (Å²) in [5.74, 6) is -0.0781. The highest BCUT2D eigenvalue weighted by molar-refractivity contribution is 9.10. The van der Waals surface area contributed by atoms with Gasteiger partial charge in [0.15, 0.2) is 0 Å². The fourth-order valence-electron chi connectivity index (χ4n) is 5.57. The lowest BCUT2D eigenvalue weighted by Crippen LogP contribution is -2.59. The fourth-order valence-corrected chi connectivity index (χ4v) is 5.93. The van der Waals surface area contributed by atoms with E-state index in [1.807, 2.05) is 85.5 Å². The van der Waals surface area contributed by atoms with Crippen LogP contribution in [0.5, 0.6) is 0 Å². The lowest BCUT2D eigenvalue weighted by atomic mass is 9.87. The molecule has 0 N–H and O–H groups in total. The molecule has 0 aliphatic carbocycles. The van der Waals surface area contributed by atoms with Crippen LogP contribution in [0.2, 0.25) is 0 Å². The first kappa shape index (κ1) is 30.5. The van der Waals surface area contributed by atoms with Crippen molar-refractivity contribution in [2.75, 3.05) is 13.1 Å². The number of carbonyl (C=O) groups is 2. The van der Waals surface area contributed by atoms with Crippen molar-refractivity contribution < 1.29 is 14.3 Å². The van der Waals surface area contributed by atoms with Gasteiger partial charge in [0.2, 0.25) is 0 Å². The highest BCUT2D eigenvalue weighted by atomic mass is 79.9. The Kier molecular flexibility index (Phi) is 9.02. The molecule has 2 atom stereocenters. The second-order valence-corrected chi connectivity index (χ2v) is 13.2. The van der Waals surface area contributed by atoms with Crippen LogP contribution in [0.1, 0.15) is 67.4 Å². The van der Waals surface area contributed by atoms with Crippen molar-refractivity contribution in [2.45, 2.75) is 58.7 Å². The highest BCUT2D eigenvalue weighted by Gasteiger charge is 2.36. The van der Waals surface area contributed by atoms with Crippen molar-refractivity contribution in [1.29, 1.82) is 0 Å². The highest BCUT2D eigenvalue weighted by Crippen LogP contribution is 2.28. The average molecular weight is 641 g/mol. The Hall–Kier alpha value is -3.97. The third-order valence-electron chi connectivity index (χ3n) is 7.87. The van der Waals surface area contributed by atoms with Crippen LogP contribution in [0.15, 0.2) is 83.3 Å². The minimum atomic E-state index is -0.364. The normalized spacial score (nSPS) is 17.4. The van der Waals surface area contributed by atoms with E-state index in [1.54, 1.807) is 4.90 Å². The maximum atomic E-state index is 14.1. The number of piperazine rings is 1. The molecule has 7 heteroatoms. The average Bonchev–Trinajstić information content (AvgIpc) is 2.98. The summed E-state index contributed by atoms with van der Waals surface area (Å²) >= 11 is 3.56. The second-order valence-electron chi connectivity index (χ2n) is 12.3. The van der Waals surface area contributed by atoms with Gasteiger partial charge in [0.1, 0.15) is 6.61 Å². The molecule has 0 saturated carbocycles. The topological polar surface area (TPSA) is 62.7 Å². The van der Waals surface area contributed by atoms with Gasteiger partial charge in [-0.1, -0.05) is 97.4 Å². The van der Waals surface area contributed by atoms with Crippen LogP contribution in [-0.4, -0.2) is 52.0 Å². The first-order valence-electron chi connectivity index (χ1n) is 14.7. The van der Waals surface area contributed by atoms with Gasteiger partial charge in [-0.3, -0.25) is 9.69 Å². The van der Waals surface area contributed by atoms with Crippen LogP contribution < -0.4 is 0 Å². The monoisotopic (exact) mass is 639 g/mol. The van der Waals surface area contributed by atoms with Crippen LogP contribution in [0.4, 0.5) is 4.79 Å². The molecule has 3 aromatic carbocycles. The number of hydrogen-bond acceptors (Lipinski definition) is 4. The lowest BCUT2D eigenvalue weighted by molar-refractivity contribution is 0.0193. The molecule has 0 radical (unpaired) electrons. The van der Waals surface area contributed by atoms with Crippen molar-refractivity contribution in [2.24, 2.45) is 0 Å². The molecule has 1 aliphatic rings. The number of benzene rings is 3. The van der Waals surface area contributed by atoms with Crippen molar-refractivity contribution in [3.63, 3.8) is 0 Å². The van der Waals surface area contributed by atoms with Crippen LogP contribution in [0.25, 0.3) is 23.1 Å². The van der Waals surface area contributed by atoms with E-state index in [9.17, 15) is 9.59 Å². The van der Waals surface area contributed by atoms with Gasteiger partial charge >= 0.3 is 6.09 Å². The largest absolute Gasteiger partial charge is 0.445 e. The molecule has 5 rings (SSSR count). The molecule has 1 fully saturated rings. The summed E-state index contributed by atoms with van der Waals surface area (Å²) in [4.78, 5) is 35.5. The smallest absolute Gasteiger partial charge is 0.410 e. The van der Waals surface area contributed by atoms with Crippen LogP contribution in [0, 0.1) is 0 Å². The molecule has 1 saturated heterocycles. The van der Waals surface area contributed by atoms with Crippen molar-refractivity contribution in [1.82, 2.24) is 14.8 Å². The third kappa shape index (κ3) is 7.16. The Morgan fingerprint density at radius 1 is 0.930 bits per heavy atom. The van der Waals surface area contributed by atoms with E-state index in [-0.39, 0.29) is 36.1 Å². The molecule has 2 heterocycles. The minimum Gasteiger partial charge on any atom is -0.445 e. The zero-order chi connectivity index (χ0) is 30.7. The summed E-state index contributed by atoms with van der Waals surface area (Å²) < 4.78 is 6.50. The molecule has 4 aromatic rings. The minimum absolute atomic E-state index is 0.0781. The molecule has 6 nitrogen and oxygen atoms in total. The fraction of sp³-hybridized carbons (Fsp3) is 0.306. The molecule has 222 valence electrons. The van der Waals surface area contributed by atoms with Gasteiger partial charge in [0, 0.05) is 22.9 Å². The number of nitrogens with zero attached hydrogens (tertiary/aromatic N) is 3. The Bertz CT molecular complexity index is 1630. The number of hydrogen-bond donors (Lipinski definition) is 0. The molecule has 0 spiro atoms. The number of halogens is 1. The standard InChI is InChI=1S/C36H38BrN3O3/c1-24-21-39(22-25(2)40(24)35(42)43-23-27-9-7-6-8-10-27)34(41)32-20-30(38-33-18-16-29(37)19-31(32)33)17-13-26-11-14-28(15-12-26)36(3,4)5/h6-20,24-25H,21-23H2,1-5H3/b17-13+. The van der Waals surface area contributed by atoms with Gasteiger partial charge in [0.05, 0.1) is 28.9 Å². The van der Waals surface area contributed by atoms with E-state index in [4.69, 9.17) is 9.72 Å². The Morgan fingerprint density at radius 2 is 1.60 bits per heavy atom. The molecule has 1 aromatic heterocycles. The number of rotatable bonds is 5. The Balaban J connectivity index is 1.36. The third-order valence-corrected chi connectivity index (χ3v) is 8.36. The van der Waals surface area contributed by atoms with Crippen LogP contribution >= 0.6 is 15.9 Å². The van der Waals surface area contributed by atoms with Gasteiger partial charge in [-0.15, -0.1) is 0 Å². The predicted octanol–water partition coefficient (Wildman–Crippen LogP) is 8.34. The van der Waals surface area contributed by atoms with E-state index < -0.39 is 0 Å². The van der Waals surface area contributed by atoms with E-state index in [1.165, 1.54) is 5.56 Å². The number of carbonyl (C=O) groups excluding carboxylic acids is 2. The maximum absolute atomic E-state index is 14.1. The number of amides is 2. The van der Waals surface area contributed by atoms with Gasteiger partial charge < -0.3 is 9.64 Å². The van der Waals surface area contributed by atoms with Gasteiger partial charge in [-0.05, 0) is 66.3 Å². The first-order valence-corrected chi connectivity index (χ1v) is 15.5. The van der Waals surface area contributed by atoms with Crippen molar-refractivity contribution >= 4 is 51.0 Å². The maximum Gasteiger partial charge on any atom is 0.410 e. The predicted molar refractivity (Wildman–Crippen MR) is 177 cm³/mol. The summed E-state index contributed by atoms with van der Waals surface area (Å²) in [5, 5.41) is 0.788. The van der Waals surface area contributed by atoms with E-state index >= 15 is 0 Å². The summed E-state index contributed by atoms with van der Waals surface area (Å²) in [6.45, 7) is 11.6. The Morgan fingerprint density at radius 3 is 2.26 bits per heavy atom. The van der Waals surface area contributed by atoms with E-state index in [2.05, 4.69) is 61.0 Å². The second kappa shape index (κ2) is 12.7. The van der Waals surface area contributed by atoms with E-state index in [0.29, 0.717) is 24.3 Å². The molecule has 2 amide bonds. The van der Waals surface area contributed by atoms with Gasteiger partial charge in [-0.2, -0.15) is 0 Å². The molecule has 2 unspecified atom stereocenters. The molecular formula is C36H38BrN3O3. The summed E-state index contributed by atoms with van der Waals surface area (Å²) in [6, 6.07) is 25.4. The summed E-state index contributed by atoms with van der Waals surface area (Å²) in [5.41, 5.74) is 5.43. The molecule has 1 aliphatic heterocycles. The van der Waals surface area contributed by atoms with Crippen LogP contribution in [0.3, 0.4) is 0 Å². The van der Waals surface area contributed by atoms with E-state index in [0.717, 1.165) is 26.5 Å². The summed E-state index contributed by atoms with van der Waals surface area (Å²) in [6.07, 6.45) is 3.62. The summed E-state index contributed by atoms with van der Waals surface area (Å²) in [7, 11) is 0. The zero-order valence-corrected chi connectivity index (χ0v) is 27.0. The van der Waals surface area contributed by atoms with Gasteiger partial charge in [0.25, 0.3) is 5.91 Å². The first-order chi connectivity index (χ1) is 20.5. The Labute approximate surface area is 262 Å². The molecule has 43 heavy (non-hydrogen) atoms. The quantitative estimate of drug-likeness (QED) is 0.220. The van der Waals surface area contributed by atoms with Crippen molar-refractivity contribution in [3.8, 4) is 0 Å². The lowest BCUT2D eigenvalue weighted by Gasteiger charge is -2.43. The van der Waals surface area contributed by atoms with Crippen LogP contribution in [-0.2, 0) is 16.8 Å². The number of ether oxygens (including phenoxy) is 1. The molecule has 0 bridgehead atoms. The number of aromatic nitrogens is 1.